The first-order chi connectivity index (χ1) is 10.2. The summed E-state index contributed by atoms with van der Waals surface area (Å²) in [4.78, 5) is 23.8. The first-order valence-electron chi connectivity index (χ1n) is 7.26. The van der Waals surface area contributed by atoms with E-state index in [2.05, 4.69) is 16.2 Å². The molecular formula is C15H19N3O3. The van der Waals surface area contributed by atoms with Crippen molar-refractivity contribution in [1.82, 2.24) is 16.2 Å². The van der Waals surface area contributed by atoms with Gasteiger partial charge in [0.25, 0.3) is 0 Å². The number of hydrogen-bond donors (Lipinski definition) is 4. The summed E-state index contributed by atoms with van der Waals surface area (Å²) in [5.41, 5.74) is 6.71. The second-order valence-electron chi connectivity index (χ2n) is 5.66. The molecule has 1 heterocycles. The van der Waals surface area contributed by atoms with E-state index in [1.807, 2.05) is 6.07 Å². The molecular weight excluding hydrogens is 270 g/mol. The Bertz CT molecular complexity index is 534. The second kappa shape index (κ2) is 5.83. The second-order valence-corrected chi connectivity index (χ2v) is 5.66. The quantitative estimate of drug-likeness (QED) is 0.651. The van der Waals surface area contributed by atoms with Gasteiger partial charge in [0.05, 0.1) is 0 Å². The van der Waals surface area contributed by atoms with Crippen molar-refractivity contribution in [3.63, 3.8) is 0 Å². The predicted octanol–water partition coefficient (Wildman–Crippen LogP) is 0.574. The minimum absolute atomic E-state index is 0.246. The molecule has 0 aromatic heterocycles. The van der Waals surface area contributed by atoms with Crippen LogP contribution in [0.4, 0.5) is 0 Å². The number of carboxylic acids is 1. The number of carboxylic acid groups (broad SMARTS) is 1. The average molecular weight is 289 g/mol. The van der Waals surface area contributed by atoms with Crippen molar-refractivity contribution in [2.75, 3.05) is 0 Å². The van der Waals surface area contributed by atoms with Crippen LogP contribution in [0, 0.1) is 5.92 Å². The van der Waals surface area contributed by atoms with Gasteiger partial charge in [-0.25, -0.2) is 10.2 Å². The topological polar surface area (TPSA) is 90.5 Å². The summed E-state index contributed by atoms with van der Waals surface area (Å²) in [6.07, 6.45) is 3.16. The van der Waals surface area contributed by atoms with Crippen LogP contribution in [0.15, 0.2) is 30.3 Å². The fourth-order valence-corrected chi connectivity index (χ4v) is 3.30. The summed E-state index contributed by atoms with van der Waals surface area (Å²) in [5.74, 6) is -1.06. The van der Waals surface area contributed by atoms with E-state index in [0.717, 1.165) is 19.3 Å². The van der Waals surface area contributed by atoms with Crippen molar-refractivity contribution in [2.45, 2.75) is 37.4 Å². The number of aliphatic carboxylic acids is 1. The lowest BCUT2D eigenvalue weighted by Crippen LogP contribution is -2.48. The molecule has 6 nitrogen and oxygen atoms in total. The largest absolute Gasteiger partial charge is 0.479 e. The van der Waals surface area contributed by atoms with Gasteiger partial charge >= 0.3 is 5.97 Å². The van der Waals surface area contributed by atoms with E-state index in [0.29, 0.717) is 11.6 Å². The summed E-state index contributed by atoms with van der Waals surface area (Å²) in [5, 5.41) is 12.0. The molecule has 2 aliphatic rings. The van der Waals surface area contributed by atoms with Gasteiger partial charge in [-0.15, -0.1) is 0 Å². The standard InChI is InChI=1S/C15H19N3O3/c19-14(13-10-7-4-8-11(10)17-18-13)16-12(15(20)21)9-5-2-1-3-6-9/h1-3,5-6,10-13,17-18H,4,7-8H2,(H,16,19)(H,20,21)/t10?,11?,12-,13?/m1/s1. The third-order valence-electron chi connectivity index (χ3n) is 4.37. The van der Waals surface area contributed by atoms with E-state index in [1.165, 1.54) is 0 Å². The van der Waals surface area contributed by atoms with Crippen molar-refractivity contribution in [3.8, 4) is 0 Å². The highest BCUT2D eigenvalue weighted by Gasteiger charge is 2.43. The Labute approximate surface area is 122 Å². The van der Waals surface area contributed by atoms with E-state index >= 15 is 0 Å². The predicted molar refractivity (Wildman–Crippen MR) is 76.1 cm³/mol. The number of fused-ring (bicyclic) bond motifs is 1. The van der Waals surface area contributed by atoms with Crippen molar-refractivity contribution < 1.29 is 14.7 Å². The summed E-state index contributed by atoms with van der Waals surface area (Å²) < 4.78 is 0. The van der Waals surface area contributed by atoms with Crippen LogP contribution in [0.3, 0.4) is 0 Å². The monoisotopic (exact) mass is 289 g/mol. The maximum atomic E-state index is 12.4. The molecule has 1 saturated carbocycles. The summed E-state index contributed by atoms with van der Waals surface area (Å²) in [6, 6.07) is 7.70. The average Bonchev–Trinajstić information content (AvgIpc) is 3.07. The Morgan fingerprint density at radius 1 is 1.19 bits per heavy atom. The summed E-state index contributed by atoms with van der Waals surface area (Å²) in [7, 11) is 0. The zero-order valence-corrected chi connectivity index (χ0v) is 11.6. The Hall–Kier alpha value is -1.92. The minimum atomic E-state index is -1.05. The molecule has 0 spiro atoms. The van der Waals surface area contributed by atoms with Crippen molar-refractivity contribution in [3.05, 3.63) is 35.9 Å². The first-order valence-corrected chi connectivity index (χ1v) is 7.26. The number of nitrogens with one attached hydrogen (secondary N) is 3. The summed E-state index contributed by atoms with van der Waals surface area (Å²) >= 11 is 0. The van der Waals surface area contributed by atoms with Crippen molar-refractivity contribution in [2.24, 2.45) is 5.92 Å². The molecule has 1 aliphatic carbocycles. The number of carbonyl (C=O) groups is 2. The number of amides is 1. The Morgan fingerprint density at radius 2 is 1.95 bits per heavy atom. The zero-order chi connectivity index (χ0) is 14.8. The van der Waals surface area contributed by atoms with Gasteiger partial charge in [0, 0.05) is 12.0 Å². The van der Waals surface area contributed by atoms with Gasteiger partial charge in [0.1, 0.15) is 6.04 Å². The van der Waals surface area contributed by atoms with Gasteiger partial charge < -0.3 is 10.4 Å². The van der Waals surface area contributed by atoms with Crippen molar-refractivity contribution >= 4 is 11.9 Å². The molecule has 1 amide bonds. The van der Waals surface area contributed by atoms with E-state index in [4.69, 9.17) is 0 Å². The maximum Gasteiger partial charge on any atom is 0.330 e. The number of benzene rings is 1. The van der Waals surface area contributed by atoms with E-state index in [1.54, 1.807) is 24.3 Å². The molecule has 1 aromatic rings. The Kier molecular flexibility index (Phi) is 3.90. The van der Waals surface area contributed by atoms with Gasteiger partial charge in [-0.1, -0.05) is 36.8 Å². The van der Waals surface area contributed by atoms with Gasteiger partial charge in [0.2, 0.25) is 5.91 Å². The van der Waals surface area contributed by atoms with Crippen LogP contribution in [0.1, 0.15) is 30.9 Å². The number of carbonyl (C=O) groups excluding carboxylic acids is 1. The van der Waals surface area contributed by atoms with Gasteiger partial charge in [-0.3, -0.25) is 10.2 Å². The fourth-order valence-electron chi connectivity index (χ4n) is 3.30. The third kappa shape index (κ3) is 2.77. The van der Waals surface area contributed by atoms with E-state index < -0.39 is 12.0 Å². The highest BCUT2D eigenvalue weighted by Crippen LogP contribution is 2.31. The molecule has 3 rings (SSSR count). The zero-order valence-electron chi connectivity index (χ0n) is 11.6. The lowest BCUT2D eigenvalue weighted by Gasteiger charge is -2.20. The molecule has 2 fully saturated rings. The van der Waals surface area contributed by atoms with Crippen LogP contribution in [-0.4, -0.2) is 29.1 Å². The molecule has 1 aromatic carbocycles. The molecule has 4 atom stereocenters. The first kappa shape index (κ1) is 14.0. The van der Waals surface area contributed by atoms with Crippen LogP contribution in [0.5, 0.6) is 0 Å². The van der Waals surface area contributed by atoms with Gasteiger partial charge in [-0.05, 0) is 18.4 Å². The SMILES string of the molecule is O=C(N[C@@H](C(=O)O)c1ccccc1)C1NNC2CCCC21. The third-order valence-corrected chi connectivity index (χ3v) is 4.37. The molecule has 6 heteroatoms. The van der Waals surface area contributed by atoms with Crippen LogP contribution < -0.4 is 16.2 Å². The number of hydrogen-bond acceptors (Lipinski definition) is 4. The highest BCUT2D eigenvalue weighted by molar-refractivity contribution is 5.88. The molecule has 1 aliphatic heterocycles. The minimum Gasteiger partial charge on any atom is -0.479 e. The van der Waals surface area contributed by atoms with Crippen LogP contribution in [0.2, 0.25) is 0 Å². The normalized spacial score (nSPS) is 28.9. The van der Waals surface area contributed by atoms with Crippen LogP contribution >= 0.6 is 0 Å². The number of hydrazine groups is 1. The molecule has 3 unspecified atom stereocenters. The lowest BCUT2D eigenvalue weighted by molar-refractivity contribution is -0.142. The van der Waals surface area contributed by atoms with Crippen LogP contribution in [-0.2, 0) is 9.59 Å². The molecule has 1 saturated heterocycles. The highest BCUT2D eigenvalue weighted by atomic mass is 16.4. The Morgan fingerprint density at radius 3 is 2.67 bits per heavy atom. The maximum absolute atomic E-state index is 12.4. The lowest BCUT2D eigenvalue weighted by atomic mass is 9.96. The van der Waals surface area contributed by atoms with Gasteiger partial charge in [0.15, 0.2) is 6.04 Å². The molecule has 21 heavy (non-hydrogen) atoms. The van der Waals surface area contributed by atoms with E-state index in [9.17, 15) is 14.7 Å². The Balaban J connectivity index is 1.71. The molecule has 4 N–H and O–H groups in total. The van der Waals surface area contributed by atoms with Crippen LogP contribution in [0.25, 0.3) is 0 Å². The van der Waals surface area contributed by atoms with Gasteiger partial charge in [-0.2, -0.15) is 0 Å². The van der Waals surface area contributed by atoms with Crippen molar-refractivity contribution in [1.29, 1.82) is 0 Å². The molecule has 112 valence electrons. The summed E-state index contributed by atoms with van der Waals surface area (Å²) in [6.45, 7) is 0. The number of rotatable bonds is 4. The molecule has 0 radical (unpaired) electrons. The smallest absolute Gasteiger partial charge is 0.330 e. The van der Waals surface area contributed by atoms with E-state index in [-0.39, 0.29) is 17.9 Å². The molecule has 0 bridgehead atoms. The fraction of sp³-hybridized carbons (Fsp3) is 0.467.